The van der Waals surface area contributed by atoms with Crippen LogP contribution in [0.15, 0.2) is 24.3 Å². The molecule has 1 aromatic carbocycles. The third-order valence-electron chi connectivity index (χ3n) is 3.26. The maximum absolute atomic E-state index is 5.29. The van der Waals surface area contributed by atoms with Crippen LogP contribution in [-0.4, -0.2) is 14.8 Å². The number of H-pyrrole nitrogens is 1. The zero-order valence-corrected chi connectivity index (χ0v) is 12.6. The van der Waals surface area contributed by atoms with E-state index in [9.17, 15) is 0 Å². The Morgan fingerprint density at radius 3 is 2.68 bits per heavy atom. The first-order chi connectivity index (χ1) is 9.08. The number of rotatable bonds is 5. The van der Waals surface area contributed by atoms with Crippen molar-refractivity contribution in [3.05, 3.63) is 46.0 Å². The van der Waals surface area contributed by atoms with Crippen molar-refractivity contribution in [2.24, 2.45) is 5.92 Å². The van der Waals surface area contributed by atoms with Crippen LogP contribution in [0.1, 0.15) is 30.8 Å². The van der Waals surface area contributed by atoms with E-state index in [1.807, 2.05) is 0 Å². The summed E-state index contributed by atoms with van der Waals surface area (Å²) in [6.45, 7) is 7.47. The average molecular weight is 275 g/mol. The molecule has 0 bridgehead atoms. The molecule has 0 saturated carbocycles. The molecule has 0 aliphatic carbocycles. The van der Waals surface area contributed by atoms with E-state index in [4.69, 9.17) is 12.2 Å². The lowest BCUT2D eigenvalue weighted by molar-refractivity contribution is 0.501. The van der Waals surface area contributed by atoms with Gasteiger partial charge in [-0.3, -0.25) is 5.10 Å². The van der Waals surface area contributed by atoms with Gasteiger partial charge in [0.1, 0.15) is 5.82 Å². The van der Waals surface area contributed by atoms with Crippen LogP contribution in [0, 0.1) is 17.6 Å². The lowest BCUT2D eigenvalue weighted by atomic mass is 10.0. The van der Waals surface area contributed by atoms with Crippen molar-refractivity contribution in [2.75, 3.05) is 0 Å². The van der Waals surface area contributed by atoms with Gasteiger partial charge in [0.05, 0.1) is 0 Å². The minimum absolute atomic E-state index is 0.571. The summed E-state index contributed by atoms with van der Waals surface area (Å²) in [5.74, 6) is 1.63. The fourth-order valence-corrected chi connectivity index (χ4v) is 2.46. The molecule has 3 nitrogen and oxygen atoms in total. The SMILES string of the molecule is Cc1ccccc1CCc1n[nH]c(=S)n1CC(C)C. The second-order valence-electron chi connectivity index (χ2n) is 5.38. The van der Waals surface area contributed by atoms with E-state index < -0.39 is 0 Å². The van der Waals surface area contributed by atoms with Crippen LogP contribution >= 0.6 is 12.2 Å². The van der Waals surface area contributed by atoms with Gasteiger partial charge in [0, 0.05) is 13.0 Å². The normalized spacial score (nSPS) is 11.2. The molecular formula is C15H21N3S. The Bertz CT molecular complexity index is 595. The van der Waals surface area contributed by atoms with E-state index in [2.05, 4.69) is 59.8 Å². The van der Waals surface area contributed by atoms with E-state index in [1.165, 1.54) is 11.1 Å². The highest BCUT2D eigenvalue weighted by Gasteiger charge is 2.08. The minimum Gasteiger partial charge on any atom is -0.304 e. The predicted octanol–water partition coefficient (Wildman–Crippen LogP) is 3.69. The van der Waals surface area contributed by atoms with Gasteiger partial charge in [-0.2, -0.15) is 5.10 Å². The summed E-state index contributed by atoms with van der Waals surface area (Å²) in [6.07, 6.45) is 1.93. The quantitative estimate of drug-likeness (QED) is 0.844. The number of aromatic amines is 1. The van der Waals surface area contributed by atoms with Gasteiger partial charge in [0.15, 0.2) is 4.77 Å². The van der Waals surface area contributed by atoms with Crippen LogP contribution < -0.4 is 0 Å². The van der Waals surface area contributed by atoms with Crippen molar-refractivity contribution in [1.82, 2.24) is 14.8 Å². The Morgan fingerprint density at radius 1 is 1.26 bits per heavy atom. The lowest BCUT2D eigenvalue weighted by Crippen LogP contribution is -2.10. The highest BCUT2D eigenvalue weighted by atomic mass is 32.1. The van der Waals surface area contributed by atoms with Crippen LogP contribution in [0.2, 0.25) is 0 Å². The molecule has 19 heavy (non-hydrogen) atoms. The fraction of sp³-hybridized carbons (Fsp3) is 0.467. The third-order valence-corrected chi connectivity index (χ3v) is 3.58. The largest absolute Gasteiger partial charge is 0.304 e. The third kappa shape index (κ3) is 3.53. The zero-order chi connectivity index (χ0) is 13.8. The summed E-state index contributed by atoms with van der Waals surface area (Å²) in [6, 6.07) is 8.51. The summed E-state index contributed by atoms with van der Waals surface area (Å²) in [4.78, 5) is 0. The molecule has 0 unspecified atom stereocenters. The molecule has 0 atom stereocenters. The number of hydrogen-bond donors (Lipinski definition) is 1. The second-order valence-corrected chi connectivity index (χ2v) is 5.76. The van der Waals surface area contributed by atoms with Gasteiger partial charge in [-0.25, -0.2) is 0 Å². The summed E-state index contributed by atoms with van der Waals surface area (Å²) in [5, 5.41) is 7.27. The van der Waals surface area contributed by atoms with E-state index in [0.717, 1.165) is 30.0 Å². The van der Waals surface area contributed by atoms with Crippen LogP contribution in [0.3, 0.4) is 0 Å². The summed E-state index contributed by atoms with van der Waals surface area (Å²) in [7, 11) is 0. The monoisotopic (exact) mass is 275 g/mol. The van der Waals surface area contributed by atoms with Gasteiger partial charge in [-0.05, 0) is 42.6 Å². The Balaban J connectivity index is 2.12. The van der Waals surface area contributed by atoms with Gasteiger partial charge in [-0.15, -0.1) is 0 Å². The summed E-state index contributed by atoms with van der Waals surface area (Å²) < 4.78 is 2.85. The van der Waals surface area contributed by atoms with Crippen molar-refractivity contribution in [1.29, 1.82) is 0 Å². The number of nitrogens with zero attached hydrogens (tertiary/aromatic N) is 2. The van der Waals surface area contributed by atoms with Crippen LogP contribution in [-0.2, 0) is 19.4 Å². The molecule has 2 rings (SSSR count). The molecule has 1 N–H and O–H groups in total. The van der Waals surface area contributed by atoms with E-state index in [0.29, 0.717) is 5.92 Å². The summed E-state index contributed by atoms with van der Waals surface area (Å²) in [5.41, 5.74) is 2.72. The van der Waals surface area contributed by atoms with Crippen molar-refractivity contribution < 1.29 is 0 Å². The van der Waals surface area contributed by atoms with Gasteiger partial charge < -0.3 is 4.57 Å². The number of aryl methyl sites for hydroxylation is 3. The molecule has 2 aromatic rings. The smallest absolute Gasteiger partial charge is 0.195 e. The Labute approximate surface area is 119 Å². The molecule has 0 aliphatic heterocycles. The lowest BCUT2D eigenvalue weighted by Gasteiger charge is -2.10. The average Bonchev–Trinajstić information content (AvgIpc) is 2.70. The Morgan fingerprint density at radius 2 is 2.00 bits per heavy atom. The molecule has 0 aliphatic rings. The molecule has 0 fully saturated rings. The van der Waals surface area contributed by atoms with Crippen LogP contribution in [0.25, 0.3) is 0 Å². The first-order valence-corrected chi connectivity index (χ1v) is 7.17. The predicted molar refractivity (Wildman–Crippen MR) is 80.8 cm³/mol. The van der Waals surface area contributed by atoms with E-state index in [1.54, 1.807) is 0 Å². The molecule has 0 amide bonds. The molecule has 4 heteroatoms. The Hall–Kier alpha value is -1.42. The molecular weight excluding hydrogens is 254 g/mol. The van der Waals surface area contributed by atoms with Gasteiger partial charge in [0.25, 0.3) is 0 Å². The maximum atomic E-state index is 5.29. The van der Waals surface area contributed by atoms with Crippen LogP contribution in [0.5, 0.6) is 0 Å². The standard InChI is InChI=1S/C15H21N3S/c1-11(2)10-18-14(16-17-15(18)19)9-8-13-7-5-4-6-12(13)3/h4-7,11H,8-10H2,1-3H3,(H,17,19). The van der Waals surface area contributed by atoms with Crippen molar-refractivity contribution in [3.63, 3.8) is 0 Å². The second kappa shape index (κ2) is 6.15. The molecule has 0 spiro atoms. The number of hydrogen-bond acceptors (Lipinski definition) is 2. The molecule has 1 aromatic heterocycles. The van der Waals surface area contributed by atoms with E-state index in [-0.39, 0.29) is 0 Å². The van der Waals surface area contributed by atoms with Crippen molar-refractivity contribution >= 4 is 12.2 Å². The number of nitrogens with one attached hydrogen (secondary N) is 1. The zero-order valence-electron chi connectivity index (χ0n) is 11.8. The molecule has 0 saturated heterocycles. The molecule has 1 heterocycles. The number of aromatic nitrogens is 3. The molecule has 102 valence electrons. The Kier molecular flexibility index (Phi) is 4.53. The maximum Gasteiger partial charge on any atom is 0.195 e. The first-order valence-electron chi connectivity index (χ1n) is 6.76. The highest BCUT2D eigenvalue weighted by Crippen LogP contribution is 2.12. The first kappa shape index (κ1) is 14.0. The van der Waals surface area contributed by atoms with E-state index >= 15 is 0 Å². The highest BCUT2D eigenvalue weighted by molar-refractivity contribution is 7.71. The minimum atomic E-state index is 0.571. The van der Waals surface area contributed by atoms with Gasteiger partial charge in [0.2, 0.25) is 0 Å². The molecule has 0 radical (unpaired) electrons. The topological polar surface area (TPSA) is 33.6 Å². The van der Waals surface area contributed by atoms with Crippen molar-refractivity contribution in [2.45, 2.75) is 40.2 Å². The van der Waals surface area contributed by atoms with Gasteiger partial charge in [-0.1, -0.05) is 38.1 Å². The van der Waals surface area contributed by atoms with Crippen molar-refractivity contribution in [3.8, 4) is 0 Å². The van der Waals surface area contributed by atoms with Crippen LogP contribution in [0.4, 0.5) is 0 Å². The van der Waals surface area contributed by atoms with Gasteiger partial charge >= 0.3 is 0 Å². The summed E-state index contributed by atoms with van der Waals surface area (Å²) >= 11 is 5.29. The fourth-order valence-electron chi connectivity index (χ4n) is 2.23. The number of benzene rings is 1.